The van der Waals surface area contributed by atoms with Gasteiger partial charge in [-0.25, -0.2) is 0 Å². The summed E-state index contributed by atoms with van der Waals surface area (Å²) in [5, 5.41) is 0. The largest absolute Gasteiger partial charge is 0.304 e. The Morgan fingerprint density at radius 2 is 1.69 bits per heavy atom. The average Bonchev–Trinajstić information content (AvgIpc) is 2.33. The molecule has 0 saturated carbocycles. The van der Waals surface area contributed by atoms with E-state index in [-0.39, 0.29) is 0 Å². The third-order valence-corrected chi connectivity index (χ3v) is 3.99. The summed E-state index contributed by atoms with van der Waals surface area (Å²) in [6.45, 7) is 14.6. The lowest BCUT2D eigenvalue weighted by molar-refractivity contribution is 0.166. The summed E-state index contributed by atoms with van der Waals surface area (Å²) in [5.74, 6) is 0.994. The van der Waals surface area contributed by atoms with Crippen molar-refractivity contribution in [3.63, 3.8) is 0 Å². The molecular formula is C14H30N2. The Kier molecular flexibility index (Phi) is 7.06. The van der Waals surface area contributed by atoms with Gasteiger partial charge in [0.2, 0.25) is 0 Å². The van der Waals surface area contributed by atoms with Crippen molar-refractivity contribution in [3.05, 3.63) is 0 Å². The van der Waals surface area contributed by atoms with Gasteiger partial charge in [-0.3, -0.25) is 0 Å². The van der Waals surface area contributed by atoms with Gasteiger partial charge in [0.1, 0.15) is 0 Å². The standard InChI is InChI=1S/C14H30N2/c1-4-10-16-12-8-14(9-13-16)7-11-15(5-2)6-3/h14H,4-13H2,1-3H3. The lowest BCUT2D eigenvalue weighted by Gasteiger charge is -2.32. The van der Waals surface area contributed by atoms with Gasteiger partial charge in [0.05, 0.1) is 0 Å². The normalized spacial score (nSPS) is 19.5. The SMILES string of the molecule is CCCN1CCC(CCN(CC)CC)CC1. The second-order valence-corrected chi connectivity index (χ2v) is 5.10. The van der Waals surface area contributed by atoms with Crippen LogP contribution < -0.4 is 0 Å². The fourth-order valence-corrected chi connectivity index (χ4v) is 2.72. The molecular weight excluding hydrogens is 196 g/mol. The summed E-state index contributed by atoms with van der Waals surface area (Å²) in [4.78, 5) is 5.19. The maximum Gasteiger partial charge on any atom is -0.00161 e. The quantitative estimate of drug-likeness (QED) is 0.658. The molecule has 16 heavy (non-hydrogen) atoms. The maximum atomic E-state index is 2.63. The zero-order valence-corrected chi connectivity index (χ0v) is 11.5. The van der Waals surface area contributed by atoms with E-state index in [1.165, 1.54) is 65.0 Å². The molecule has 0 aromatic carbocycles. The highest BCUT2D eigenvalue weighted by Crippen LogP contribution is 2.20. The van der Waals surface area contributed by atoms with Gasteiger partial charge < -0.3 is 9.80 Å². The van der Waals surface area contributed by atoms with Gasteiger partial charge in [-0.2, -0.15) is 0 Å². The summed E-state index contributed by atoms with van der Waals surface area (Å²) in [6.07, 6.45) is 5.59. The third-order valence-electron chi connectivity index (χ3n) is 3.99. The van der Waals surface area contributed by atoms with Crippen molar-refractivity contribution in [1.82, 2.24) is 9.80 Å². The Bertz CT molecular complexity index is 158. The molecule has 0 aromatic rings. The second kappa shape index (κ2) is 8.08. The molecule has 0 radical (unpaired) electrons. The Morgan fingerprint density at radius 1 is 1.06 bits per heavy atom. The number of hydrogen-bond donors (Lipinski definition) is 0. The molecule has 96 valence electrons. The van der Waals surface area contributed by atoms with E-state index in [2.05, 4.69) is 30.6 Å². The van der Waals surface area contributed by atoms with E-state index < -0.39 is 0 Å². The van der Waals surface area contributed by atoms with Crippen molar-refractivity contribution >= 4 is 0 Å². The monoisotopic (exact) mass is 226 g/mol. The van der Waals surface area contributed by atoms with Crippen LogP contribution in [0.15, 0.2) is 0 Å². The van der Waals surface area contributed by atoms with Crippen LogP contribution >= 0.6 is 0 Å². The average molecular weight is 226 g/mol. The highest BCUT2D eigenvalue weighted by Gasteiger charge is 2.18. The Morgan fingerprint density at radius 3 is 2.19 bits per heavy atom. The summed E-state index contributed by atoms with van der Waals surface area (Å²) >= 11 is 0. The first-order valence-corrected chi connectivity index (χ1v) is 7.24. The van der Waals surface area contributed by atoms with Crippen LogP contribution in [0.4, 0.5) is 0 Å². The number of hydrogen-bond acceptors (Lipinski definition) is 2. The van der Waals surface area contributed by atoms with Crippen molar-refractivity contribution in [2.75, 3.05) is 39.3 Å². The number of likely N-dealkylation sites (tertiary alicyclic amines) is 1. The molecule has 0 unspecified atom stereocenters. The molecule has 1 fully saturated rings. The van der Waals surface area contributed by atoms with Gasteiger partial charge in [-0.05, 0) is 70.9 Å². The topological polar surface area (TPSA) is 6.48 Å². The lowest BCUT2D eigenvalue weighted by Crippen LogP contribution is -2.35. The minimum absolute atomic E-state index is 0.994. The fourth-order valence-electron chi connectivity index (χ4n) is 2.72. The van der Waals surface area contributed by atoms with Crippen molar-refractivity contribution in [3.8, 4) is 0 Å². The number of piperidine rings is 1. The molecule has 1 rings (SSSR count). The first kappa shape index (κ1) is 14.0. The van der Waals surface area contributed by atoms with Crippen molar-refractivity contribution in [1.29, 1.82) is 0 Å². The Labute approximate surface area is 102 Å². The molecule has 0 spiro atoms. The van der Waals surface area contributed by atoms with Gasteiger partial charge in [-0.1, -0.05) is 20.8 Å². The summed E-state index contributed by atoms with van der Waals surface area (Å²) < 4.78 is 0. The lowest BCUT2D eigenvalue weighted by atomic mass is 9.93. The fraction of sp³-hybridized carbons (Fsp3) is 1.00. The molecule has 1 aliphatic heterocycles. The van der Waals surface area contributed by atoms with Gasteiger partial charge in [0, 0.05) is 0 Å². The van der Waals surface area contributed by atoms with E-state index in [0.717, 1.165) is 5.92 Å². The molecule has 0 amide bonds. The zero-order chi connectivity index (χ0) is 11.8. The van der Waals surface area contributed by atoms with Crippen LogP contribution in [0.25, 0.3) is 0 Å². The van der Waals surface area contributed by atoms with Gasteiger partial charge in [-0.15, -0.1) is 0 Å². The molecule has 0 aliphatic carbocycles. The number of nitrogens with zero attached hydrogens (tertiary/aromatic N) is 2. The highest BCUT2D eigenvalue weighted by molar-refractivity contribution is 4.73. The molecule has 1 heterocycles. The van der Waals surface area contributed by atoms with E-state index in [0.29, 0.717) is 0 Å². The maximum absolute atomic E-state index is 2.63. The Balaban J connectivity index is 2.12. The van der Waals surface area contributed by atoms with E-state index in [1.54, 1.807) is 0 Å². The van der Waals surface area contributed by atoms with Crippen LogP contribution in [0.1, 0.15) is 46.5 Å². The predicted octanol–water partition coefficient (Wildman–Crippen LogP) is 2.84. The van der Waals surface area contributed by atoms with Crippen LogP contribution in [0.2, 0.25) is 0 Å². The summed E-state index contributed by atoms with van der Waals surface area (Å²) in [5.41, 5.74) is 0. The Hall–Kier alpha value is -0.0800. The summed E-state index contributed by atoms with van der Waals surface area (Å²) in [7, 11) is 0. The van der Waals surface area contributed by atoms with Crippen LogP contribution in [-0.2, 0) is 0 Å². The van der Waals surface area contributed by atoms with Crippen molar-refractivity contribution in [2.45, 2.75) is 46.5 Å². The van der Waals surface area contributed by atoms with Crippen molar-refractivity contribution < 1.29 is 0 Å². The van der Waals surface area contributed by atoms with Gasteiger partial charge >= 0.3 is 0 Å². The van der Waals surface area contributed by atoms with Crippen LogP contribution in [0.5, 0.6) is 0 Å². The highest BCUT2D eigenvalue weighted by atomic mass is 15.1. The van der Waals surface area contributed by atoms with Crippen LogP contribution in [0, 0.1) is 5.92 Å². The smallest absolute Gasteiger partial charge is 0.00161 e. The first-order chi connectivity index (χ1) is 7.80. The van der Waals surface area contributed by atoms with Gasteiger partial charge in [0.25, 0.3) is 0 Å². The molecule has 1 saturated heterocycles. The second-order valence-electron chi connectivity index (χ2n) is 5.10. The molecule has 0 bridgehead atoms. The van der Waals surface area contributed by atoms with E-state index in [4.69, 9.17) is 0 Å². The third kappa shape index (κ3) is 4.84. The van der Waals surface area contributed by atoms with E-state index >= 15 is 0 Å². The minimum atomic E-state index is 0.994. The molecule has 0 aromatic heterocycles. The molecule has 0 N–H and O–H groups in total. The summed E-state index contributed by atoms with van der Waals surface area (Å²) in [6, 6.07) is 0. The van der Waals surface area contributed by atoms with E-state index in [9.17, 15) is 0 Å². The van der Waals surface area contributed by atoms with Gasteiger partial charge in [0.15, 0.2) is 0 Å². The van der Waals surface area contributed by atoms with Crippen molar-refractivity contribution in [2.24, 2.45) is 5.92 Å². The van der Waals surface area contributed by atoms with E-state index in [1.807, 2.05) is 0 Å². The predicted molar refractivity (Wildman–Crippen MR) is 71.9 cm³/mol. The number of rotatable bonds is 7. The molecule has 1 aliphatic rings. The molecule has 2 nitrogen and oxygen atoms in total. The van der Waals surface area contributed by atoms with Crippen LogP contribution in [-0.4, -0.2) is 49.1 Å². The minimum Gasteiger partial charge on any atom is -0.304 e. The zero-order valence-electron chi connectivity index (χ0n) is 11.5. The molecule has 0 atom stereocenters. The first-order valence-electron chi connectivity index (χ1n) is 7.24. The van der Waals surface area contributed by atoms with Crippen LogP contribution in [0.3, 0.4) is 0 Å². The molecule has 2 heteroatoms.